The number of halogens is 2. The molecule has 0 aromatic heterocycles. The SMILES string of the molecule is COCOc1ccc(OCOC)c2c1C(=O)C1CC(C)(C)C(Cl)C(Cl)C1C2=O. The van der Waals surface area contributed by atoms with Crippen LogP contribution >= 0.6 is 23.2 Å². The quantitative estimate of drug-likeness (QED) is 0.503. The summed E-state index contributed by atoms with van der Waals surface area (Å²) in [7, 11) is 2.95. The number of rotatable bonds is 6. The van der Waals surface area contributed by atoms with E-state index in [-0.39, 0.29) is 53.2 Å². The number of ether oxygens (including phenoxy) is 4. The smallest absolute Gasteiger partial charge is 0.188 e. The summed E-state index contributed by atoms with van der Waals surface area (Å²) in [4.78, 5) is 27.0. The fourth-order valence-electron chi connectivity index (χ4n) is 4.12. The van der Waals surface area contributed by atoms with E-state index in [9.17, 15) is 9.59 Å². The Morgan fingerprint density at radius 1 is 0.964 bits per heavy atom. The molecule has 6 nitrogen and oxygen atoms in total. The van der Waals surface area contributed by atoms with Gasteiger partial charge in [-0.1, -0.05) is 13.8 Å². The fraction of sp³-hybridized carbons (Fsp3) is 0.600. The van der Waals surface area contributed by atoms with E-state index in [1.165, 1.54) is 14.2 Å². The summed E-state index contributed by atoms with van der Waals surface area (Å²) < 4.78 is 21.0. The van der Waals surface area contributed by atoms with Gasteiger partial charge in [-0.15, -0.1) is 23.2 Å². The number of fused-ring (bicyclic) bond motifs is 2. The van der Waals surface area contributed by atoms with Gasteiger partial charge in [0.15, 0.2) is 25.2 Å². The van der Waals surface area contributed by atoms with Crippen LogP contribution in [0.5, 0.6) is 11.5 Å². The summed E-state index contributed by atoms with van der Waals surface area (Å²) in [6, 6.07) is 3.19. The van der Waals surface area contributed by atoms with Gasteiger partial charge in [-0.3, -0.25) is 9.59 Å². The summed E-state index contributed by atoms with van der Waals surface area (Å²) in [5.74, 6) is -1.16. The highest BCUT2D eigenvalue weighted by Gasteiger charge is 2.56. The van der Waals surface area contributed by atoms with Crippen molar-refractivity contribution in [2.24, 2.45) is 17.3 Å². The highest BCUT2D eigenvalue weighted by Crippen LogP contribution is 2.53. The Bertz CT molecular complexity index is 778. The fourth-order valence-corrected chi connectivity index (χ4v) is 4.99. The van der Waals surface area contributed by atoms with Gasteiger partial charge >= 0.3 is 0 Å². The van der Waals surface area contributed by atoms with E-state index in [2.05, 4.69) is 0 Å². The van der Waals surface area contributed by atoms with Gasteiger partial charge in [-0.25, -0.2) is 0 Å². The summed E-state index contributed by atoms with van der Waals surface area (Å²) >= 11 is 13.2. The minimum Gasteiger partial charge on any atom is -0.467 e. The molecular formula is C20H24Cl2O6. The van der Waals surface area contributed by atoms with Crippen LogP contribution in [-0.4, -0.2) is 50.1 Å². The highest BCUT2D eigenvalue weighted by atomic mass is 35.5. The van der Waals surface area contributed by atoms with E-state index in [4.69, 9.17) is 42.1 Å². The third-order valence-corrected chi connectivity index (χ3v) is 6.99. The first-order chi connectivity index (χ1) is 13.2. The molecule has 2 aliphatic rings. The van der Waals surface area contributed by atoms with Crippen LogP contribution in [0.15, 0.2) is 12.1 Å². The van der Waals surface area contributed by atoms with Gasteiger partial charge in [-0.2, -0.15) is 0 Å². The highest BCUT2D eigenvalue weighted by molar-refractivity contribution is 6.33. The number of methoxy groups -OCH3 is 2. The molecule has 0 N–H and O–H groups in total. The molecular weight excluding hydrogens is 407 g/mol. The number of benzene rings is 1. The average Bonchev–Trinajstić information content (AvgIpc) is 2.66. The van der Waals surface area contributed by atoms with Crippen LogP contribution < -0.4 is 9.47 Å². The second-order valence-corrected chi connectivity index (χ2v) is 8.79. The largest absolute Gasteiger partial charge is 0.467 e. The maximum absolute atomic E-state index is 13.5. The van der Waals surface area contributed by atoms with Crippen LogP contribution in [0.2, 0.25) is 0 Å². The van der Waals surface area contributed by atoms with Crippen molar-refractivity contribution in [3.05, 3.63) is 23.3 Å². The van der Waals surface area contributed by atoms with Gasteiger partial charge in [0.2, 0.25) is 0 Å². The lowest BCUT2D eigenvalue weighted by molar-refractivity contribution is 0.0416. The van der Waals surface area contributed by atoms with E-state index in [0.717, 1.165) is 0 Å². The molecule has 4 unspecified atom stereocenters. The Labute approximate surface area is 174 Å². The zero-order chi connectivity index (χ0) is 20.6. The minimum absolute atomic E-state index is 0.0480. The van der Waals surface area contributed by atoms with E-state index >= 15 is 0 Å². The van der Waals surface area contributed by atoms with Crippen LogP contribution in [0, 0.1) is 17.3 Å². The van der Waals surface area contributed by atoms with Crippen molar-refractivity contribution in [2.45, 2.75) is 31.0 Å². The summed E-state index contributed by atoms with van der Waals surface area (Å²) in [6.45, 7) is 3.82. The topological polar surface area (TPSA) is 71.1 Å². The molecule has 4 atom stereocenters. The van der Waals surface area contributed by atoms with Crippen molar-refractivity contribution in [3.63, 3.8) is 0 Å². The van der Waals surface area contributed by atoms with Crippen molar-refractivity contribution < 1.29 is 28.5 Å². The Morgan fingerprint density at radius 3 is 1.96 bits per heavy atom. The first kappa shape index (κ1) is 21.4. The molecule has 0 amide bonds. The third-order valence-electron chi connectivity index (χ3n) is 5.47. The molecule has 154 valence electrons. The van der Waals surface area contributed by atoms with E-state index in [1.54, 1.807) is 12.1 Å². The second kappa shape index (κ2) is 8.19. The number of Topliss-reactive ketones (excluding diaryl/α,β-unsaturated/α-hetero) is 2. The molecule has 1 aromatic rings. The molecule has 8 heteroatoms. The summed E-state index contributed by atoms with van der Waals surface area (Å²) in [6.07, 6.45) is 0.464. The molecule has 0 saturated heterocycles. The van der Waals surface area contributed by atoms with E-state index in [0.29, 0.717) is 6.42 Å². The van der Waals surface area contributed by atoms with Crippen molar-refractivity contribution in [1.29, 1.82) is 0 Å². The molecule has 1 aromatic carbocycles. The molecule has 0 spiro atoms. The van der Waals surface area contributed by atoms with E-state index in [1.807, 2.05) is 13.8 Å². The predicted octanol–water partition coefficient (Wildman–Crippen LogP) is 3.91. The molecule has 0 radical (unpaired) electrons. The van der Waals surface area contributed by atoms with Gasteiger partial charge in [0.25, 0.3) is 0 Å². The van der Waals surface area contributed by atoms with Crippen LogP contribution in [0.3, 0.4) is 0 Å². The molecule has 3 rings (SSSR count). The number of alkyl halides is 2. The van der Waals surface area contributed by atoms with Gasteiger partial charge in [0.05, 0.1) is 27.8 Å². The number of carbonyl (C=O) groups is 2. The third kappa shape index (κ3) is 3.52. The lowest BCUT2D eigenvalue weighted by Crippen LogP contribution is -2.54. The number of carbonyl (C=O) groups excluding carboxylic acids is 2. The monoisotopic (exact) mass is 430 g/mol. The van der Waals surface area contributed by atoms with Gasteiger partial charge < -0.3 is 18.9 Å². The predicted molar refractivity (Wildman–Crippen MR) is 105 cm³/mol. The van der Waals surface area contributed by atoms with Crippen molar-refractivity contribution in [1.82, 2.24) is 0 Å². The molecule has 28 heavy (non-hydrogen) atoms. The maximum Gasteiger partial charge on any atom is 0.188 e. The molecule has 0 bridgehead atoms. The van der Waals surface area contributed by atoms with E-state index < -0.39 is 22.6 Å². The first-order valence-corrected chi connectivity index (χ1v) is 9.89. The van der Waals surface area contributed by atoms with Gasteiger partial charge in [-0.05, 0) is 24.0 Å². The zero-order valence-electron chi connectivity index (χ0n) is 16.3. The molecule has 0 aliphatic heterocycles. The maximum atomic E-state index is 13.5. The molecule has 1 fully saturated rings. The van der Waals surface area contributed by atoms with Crippen LogP contribution in [0.4, 0.5) is 0 Å². The summed E-state index contributed by atoms with van der Waals surface area (Å²) in [5, 5.41) is -1.11. The van der Waals surface area contributed by atoms with Gasteiger partial charge in [0, 0.05) is 20.1 Å². The molecule has 0 heterocycles. The lowest BCUT2D eigenvalue weighted by atomic mass is 9.60. The molecule has 2 aliphatic carbocycles. The standard InChI is InChI=1S/C20H24Cl2O6/c1-20(2)7-10-13(16(21)19(20)22)18(24)15-12(28-9-26-4)6-5-11(27-8-25-3)14(15)17(10)23/h5-6,10,13,16,19H,7-9H2,1-4H3. The number of ketones is 2. The zero-order valence-corrected chi connectivity index (χ0v) is 17.8. The Balaban J connectivity index is 2.15. The van der Waals surface area contributed by atoms with Crippen LogP contribution in [0.25, 0.3) is 0 Å². The lowest BCUT2D eigenvalue weighted by Gasteiger charge is -2.47. The Hall–Kier alpha value is -1.34. The minimum atomic E-state index is -0.709. The van der Waals surface area contributed by atoms with Crippen molar-refractivity contribution in [3.8, 4) is 11.5 Å². The van der Waals surface area contributed by atoms with Crippen molar-refractivity contribution >= 4 is 34.8 Å². The Kier molecular flexibility index (Phi) is 6.25. The van der Waals surface area contributed by atoms with Crippen molar-refractivity contribution in [2.75, 3.05) is 27.8 Å². The molecule has 1 saturated carbocycles. The van der Waals surface area contributed by atoms with Gasteiger partial charge in [0.1, 0.15) is 11.5 Å². The van der Waals surface area contributed by atoms with Crippen LogP contribution in [0.1, 0.15) is 41.0 Å². The Morgan fingerprint density at radius 2 is 1.46 bits per heavy atom. The average molecular weight is 431 g/mol. The normalized spacial score (nSPS) is 28.5. The summed E-state index contributed by atoms with van der Waals surface area (Å²) in [5.41, 5.74) is -0.00367. The second-order valence-electron chi connectivity index (χ2n) is 7.81. The van der Waals surface area contributed by atoms with Crippen LogP contribution in [-0.2, 0) is 9.47 Å². The number of hydrogen-bond donors (Lipinski definition) is 0. The number of hydrogen-bond acceptors (Lipinski definition) is 6. The first-order valence-electron chi connectivity index (χ1n) is 9.01.